The molecular formula is C22H21N6O4P. The predicted molar refractivity (Wildman–Crippen MR) is 122 cm³/mol. The SMILES string of the molecule is CCn1nc(C)cc1NC(=O)c1nc2cc(C#N)ccc2n1Cc1ccc(P(=O)(O)O)cc1. The van der Waals surface area contributed by atoms with E-state index >= 15 is 0 Å². The van der Waals surface area contributed by atoms with Crippen LogP contribution in [0, 0.1) is 18.3 Å². The van der Waals surface area contributed by atoms with Gasteiger partial charge in [-0.15, -0.1) is 0 Å². The van der Waals surface area contributed by atoms with Gasteiger partial charge in [-0.3, -0.25) is 9.36 Å². The molecule has 0 aliphatic heterocycles. The first-order chi connectivity index (χ1) is 15.7. The lowest BCUT2D eigenvalue weighted by Gasteiger charge is -2.11. The third-order valence-corrected chi connectivity index (χ3v) is 6.11. The van der Waals surface area contributed by atoms with E-state index in [1.165, 1.54) is 12.1 Å². The molecule has 0 saturated heterocycles. The highest BCUT2D eigenvalue weighted by Crippen LogP contribution is 2.33. The van der Waals surface area contributed by atoms with E-state index in [1.54, 1.807) is 45.6 Å². The van der Waals surface area contributed by atoms with Gasteiger partial charge in [0.05, 0.1) is 33.7 Å². The molecule has 0 bridgehead atoms. The maximum Gasteiger partial charge on any atom is 0.356 e. The van der Waals surface area contributed by atoms with Gasteiger partial charge >= 0.3 is 7.60 Å². The molecule has 2 aromatic heterocycles. The fraction of sp³-hybridized carbons (Fsp3) is 0.182. The number of carbonyl (C=O) groups excluding carboxylic acids is 1. The Kier molecular flexibility index (Phi) is 5.87. The van der Waals surface area contributed by atoms with Gasteiger partial charge in [-0.2, -0.15) is 10.4 Å². The van der Waals surface area contributed by atoms with Crippen molar-refractivity contribution in [2.24, 2.45) is 0 Å². The number of rotatable bonds is 6. The fourth-order valence-corrected chi connectivity index (χ4v) is 4.11. The third kappa shape index (κ3) is 4.56. The lowest BCUT2D eigenvalue weighted by molar-refractivity contribution is 0.101. The van der Waals surface area contributed by atoms with E-state index in [0.29, 0.717) is 29.0 Å². The van der Waals surface area contributed by atoms with Gasteiger partial charge < -0.3 is 19.7 Å². The molecule has 0 aliphatic rings. The molecule has 11 heteroatoms. The third-order valence-electron chi connectivity index (χ3n) is 5.14. The van der Waals surface area contributed by atoms with E-state index in [9.17, 15) is 24.4 Å². The molecule has 0 atom stereocenters. The van der Waals surface area contributed by atoms with E-state index in [1.807, 2.05) is 13.8 Å². The standard InChI is InChI=1S/C22H21N6O4P/c1-3-28-20(10-14(2)26-28)25-22(29)21-24-18-11-16(12-23)6-9-19(18)27(21)13-15-4-7-17(8-5-15)33(30,31)32/h4-11H,3,13H2,1-2H3,(H,25,29)(H2,30,31,32). The second kappa shape index (κ2) is 8.64. The summed E-state index contributed by atoms with van der Waals surface area (Å²) in [6.07, 6.45) is 0. The number of benzene rings is 2. The average molecular weight is 464 g/mol. The number of fused-ring (bicyclic) bond motifs is 1. The first-order valence-corrected chi connectivity index (χ1v) is 11.7. The molecule has 0 aliphatic carbocycles. The van der Waals surface area contributed by atoms with Crippen molar-refractivity contribution >= 4 is 35.7 Å². The number of aryl methyl sites for hydroxylation is 2. The summed E-state index contributed by atoms with van der Waals surface area (Å²) in [5, 5.41) is 16.3. The molecule has 0 unspecified atom stereocenters. The van der Waals surface area contributed by atoms with Crippen LogP contribution in [0.1, 0.15) is 34.4 Å². The molecule has 3 N–H and O–H groups in total. The second-order valence-corrected chi connectivity index (χ2v) is 9.09. The Balaban J connectivity index is 1.75. The van der Waals surface area contributed by atoms with Crippen LogP contribution in [0.4, 0.5) is 5.82 Å². The first kappa shape index (κ1) is 22.4. The topological polar surface area (TPSA) is 146 Å². The van der Waals surface area contributed by atoms with Crippen molar-refractivity contribution in [2.75, 3.05) is 5.32 Å². The van der Waals surface area contributed by atoms with Crippen molar-refractivity contribution in [3.05, 3.63) is 71.2 Å². The van der Waals surface area contributed by atoms with Gasteiger partial charge in [-0.05, 0) is 49.7 Å². The Hall–Kier alpha value is -3.77. The van der Waals surface area contributed by atoms with Crippen LogP contribution < -0.4 is 10.6 Å². The molecule has 2 aromatic carbocycles. The van der Waals surface area contributed by atoms with Crippen LogP contribution in [0.2, 0.25) is 0 Å². The minimum absolute atomic E-state index is 0.0819. The van der Waals surface area contributed by atoms with Crippen molar-refractivity contribution in [2.45, 2.75) is 26.9 Å². The zero-order valence-electron chi connectivity index (χ0n) is 17.9. The maximum absolute atomic E-state index is 13.2. The minimum Gasteiger partial charge on any atom is -0.321 e. The average Bonchev–Trinajstić information content (AvgIpc) is 3.32. The maximum atomic E-state index is 13.2. The molecule has 0 radical (unpaired) electrons. The normalized spacial score (nSPS) is 11.5. The number of hydrogen-bond acceptors (Lipinski definition) is 5. The van der Waals surface area contributed by atoms with Gasteiger partial charge in [0.25, 0.3) is 5.91 Å². The van der Waals surface area contributed by atoms with Gasteiger partial charge in [0.2, 0.25) is 5.82 Å². The summed E-state index contributed by atoms with van der Waals surface area (Å²) in [6.45, 7) is 4.57. The van der Waals surface area contributed by atoms with E-state index in [-0.39, 0.29) is 17.7 Å². The molecular weight excluding hydrogens is 443 g/mol. The number of nitrogens with one attached hydrogen (secondary N) is 1. The van der Waals surface area contributed by atoms with Crippen molar-refractivity contribution in [1.82, 2.24) is 19.3 Å². The van der Waals surface area contributed by atoms with Gasteiger partial charge in [0.1, 0.15) is 5.82 Å². The number of imidazole rings is 1. The summed E-state index contributed by atoms with van der Waals surface area (Å²) in [4.78, 5) is 36.4. The van der Waals surface area contributed by atoms with E-state index in [0.717, 1.165) is 11.3 Å². The highest BCUT2D eigenvalue weighted by atomic mass is 31.2. The van der Waals surface area contributed by atoms with Crippen molar-refractivity contribution in [3.63, 3.8) is 0 Å². The van der Waals surface area contributed by atoms with Gasteiger partial charge in [-0.25, -0.2) is 9.67 Å². The van der Waals surface area contributed by atoms with Crippen LogP contribution in [0.15, 0.2) is 48.5 Å². The number of aromatic nitrogens is 4. The zero-order chi connectivity index (χ0) is 23.8. The Bertz CT molecular complexity index is 1440. The Morgan fingerprint density at radius 2 is 1.91 bits per heavy atom. The Labute approximate surface area is 189 Å². The molecule has 0 spiro atoms. The number of anilines is 1. The van der Waals surface area contributed by atoms with Crippen LogP contribution in [0.5, 0.6) is 0 Å². The van der Waals surface area contributed by atoms with Crippen molar-refractivity contribution in [3.8, 4) is 6.07 Å². The lowest BCUT2D eigenvalue weighted by atomic mass is 10.2. The highest BCUT2D eigenvalue weighted by molar-refractivity contribution is 7.60. The smallest absolute Gasteiger partial charge is 0.321 e. The summed E-state index contributed by atoms with van der Waals surface area (Å²) in [7, 11) is -4.35. The fourth-order valence-electron chi connectivity index (χ4n) is 3.57. The van der Waals surface area contributed by atoms with Crippen LogP contribution in [0.25, 0.3) is 11.0 Å². The van der Waals surface area contributed by atoms with Crippen LogP contribution >= 0.6 is 7.60 Å². The molecule has 168 valence electrons. The molecule has 4 aromatic rings. The molecule has 4 rings (SSSR count). The number of hydrogen-bond donors (Lipinski definition) is 3. The van der Waals surface area contributed by atoms with E-state index < -0.39 is 13.5 Å². The predicted octanol–water partition coefficient (Wildman–Crippen LogP) is 2.54. The minimum atomic E-state index is -4.35. The summed E-state index contributed by atoms with van der Waals surface area (Å²) in [6, 6.07) is 14.7. The summed E-state index contributed by atoms with van der Waals surface area (Å²) in [5.41, 5.74) is 3.05. The van der Waals surface area contributed by atoms with Gasteiger partial charge in [-0.1, -0.05) is 12.1 Å². The first-order valence-electron chi connectivity index (χ1n) is 10.1. The zero-order valence-corrected chi connectivity index (χ0v) is 18.8. The summed E-state index contributed by atoms with van der Waals surface area (Å²) < 4.78 is 14.8. The quantitative estimate of drug-likeness (QED) is 0.372. The molecule has 0 saturated carbocycles. The highest BCUT2D eigenvalue weighted by Gasteiger charge is 2.21. The van der Waals surface area contributed by atoms with Crippen molar-refractivity contribution < 1.29 is 19.1 Å². The van der Waals surface area contributed by atoms with Gasteiger partial charge in [0.15, 0.2) is 0 Å². The molecule has 0 fully saturated rings. The summed E-state index contributed by atoms with van der Waals surface area (Å²) in [5.74, 6) is 0.245. The van der Waals surface area contributed by atoms with E-state index in [4.69, 9.17) is 0 Å². The van der Waals surface area contributed by atoms with Crippen LogP contribution in [-0.4, -0.2) is 35.0 Å². The number of amides is 1. The number of nitrogens with zero attached hydrogens (tertiary/aromatic N) is 5. The second-order valence-electron chi connectivity index (χ2n) is 7.49. The van der Waals surface area contributed by atoms with Crippen molar-refractivity contribution in [1.29, 1.82) is 5.26 Å². The van der Waals surface area contributed by atoms with Gasteiger partial charge in [0, 0.05) is 19.2 Å². The molecule has 1 amide bonds. The van der Waals surface area contributed by atoms with E-state index in [2.05, 4.69) is 21.5 Å². The molecule has 2 heterocycles. The number of carbonyl (C=O) groups is 1. The van der Waals surface area contributed by atoms with Crippen LogP contribution in [-0.2, 0) is 17.7 Å². The molecule has 33 heavy (non-hydrogen) atoms. The molecule has 10 nitrogen and oxygen atoms in total. The Morgan fingerprint density at radius 3 is 2.55 bits per heavy atom. The number of nitriles is 1. The Morgan fingerprint density at radius 1 is 1.18 bits per heavy atom. The summed E-state index contributed by atoms with van der Waals surface area (Å²) >= 11 is 0. The van der Waals surface area contributed by atoms with Crippen LogP contribution in [0.3, 0.4) is 0 Å². The lowest BCUT2D eigenvalue weighted by Crippen LogP contribution is -2.20. The largest absolute Gasteiger partial charge is 0.356 e. The monoisotopic (exact) mass is 464 g/mol.